The van der Waals surface area contributed by atoms with E-state index in [-0.39, 0.29) is 12.2 Å². The van der Waals surface area contributed by atoms with Crippen molar-refractivity contribution in [3.63, 3.8) is 0 Å². The smallest absolute Gasteiger partial charge is 0.291 e. The molecule has 29 heavy (non-hydrogen) atoms. The molecule has 9 heteroatoms. The second-order valence-corrected chi connectivity index (χ2v) is 8.26. The molecule has 0 amide bonds. The number of para-hydroxylation sites is 2. The Morgan fingerprint density at radius 3 is 2.90 bits per heavy atom. The number of thiazole rings is 1. The summed E-state index contributed by atoms with van der Waals surface area (Å²) in [6, 6.07) is 13.1. The van der Waals surface area contributed by atoms with Crippen molar-refractivity contribution < 1.29 is 14.2 Å². The number of benzene rings is 2. The van der Waals surface area contributed by atoms with Gasteiger partial charge in [0.25, 0.3) is 5.56 Å². The molecule has 1 aliphatic heterocycles. The fourth-order valence-electron chi connectivity index (χ4n) is 3.09. The molecule has 1 unspecified atom stereocenters. The molecule has 0 radical (unpaired) electrons. The first-order chi connectivity index (χ1) is 14.1. The molecule has 7 nitrogen and oxygen atoms in total. The van der Waals surface area contributed by atoms with Crippen LogP contribution in [0.2, 0.25) is 0 Å². The summed E-state index contributed by atoms with van der Waals surface area (Å²) in [5.41, 5.74) is 0.562. The lowest BCUT2D eigenvalue weighted by Crippen LogP contribution is -2.26. The lowest BCUT2D eigenvalue weighted by molar-refractivity contribution is 0.0852. The van der Waals surface area contributed by atoms with Gasteiger partial charge in [-0.3, -0.25) is 4.79 Å². The zero-order chi connectivity index (χ0) is 20.0. The maximum absolute atomic E-state index is 12.8. The summed E-state index contributed by atoms with van der Waals surface area (Å²) in [6.07, 6.45) is 1.32. The molecule has 0 bridgehead atoms. The van der Waals surface area contributed by atoms with Crippen LogP contribution in [0.25, 0.3) is 11.0 Å². The van der Waals surface area contributed by atoms with Crippen LogP contribution in [0.15, 0.2) is 51.7 Å². The third kappa shape index (κ3) is 3.26. The van der Waals surface area contributed by atoms with Crippen LogP contribution in [0.3, 0.4) is 0 Å². The summed E-state index contributed by atoms with van der Waals surface area (Å²) in [7, 11) is 1.60. The van der Waals surface area contributed by atoms with E-state index in [9.17, 15) is 4.79 Å². The molecule has 5 rings (SSSR count). The van der Waals surface area contributed by atoms with Crippen molar-refractivity contribution in [2.75, 3.05) is 13.7 Å². The number of ether oxygens (including phenoxy) is 3. The highest BCUT2D eigenvalue weighted by molar-refractivity contribution is 9.10. The lowest BCUT2D eigenvalue weighted by atomic mass is 10.2. The third-order valence-corrected chi connectivity index (χ3v) is 5.93. The van der Waals surface area contributed by atoms with E-state index in [1.807, 2.05) is 42.5 Å². The first-order valence-electron chi connectivity index (χ1n) is 8.75. The van der Waals surface area contributed by atoms with E-state index in [4.69, 9.17) is 14.2 Å². The van der Waals surface area contributed by atoms with Gasteiger partial charge >= 0.3 is 0 Å². The van der Waals surface area contributed by atoms with Crippen molar-refractivity contribution in [2.24, 2.45) is 0 Å². The van der Waals surface area contributed by atoms with Crippen molar-refractivity contribution in [3.8, 4) is 17.2 Å². The van der Waals surface area contributed by atoms with Gasteiger partial charge < -0.3 is 14.2 Å². The molecular formula is C20H14BrN3O4S. The van der Waals surface area contributed by atoms with Gasteiger partial charge in [0.15, 0.2) is 23.4 Å². The van der Waals surface area contributed by atoms with Gasteiger partial charge in [0.1, 0.15) is 12.4 Å². The molecule has 146 valence electrons. The van der Waals surface area contributed by atoms with E-state index in [0.717, 1.165) is 10.0 Å². The van der Waals surface area contributed by atoms with Gasteiger partial charge in [0.05, 0.1) is 11.6 Å². The summed E-state index contributed by atoms with van der Waals surface area (Å²) in [5.74, 6) is 2.43. The van der Waals surface area contributed by atoms with Gasteiger partial charge in [-0.25, -0.2) is 0 Å². The van der Waals surface area contributed by atoms with E-state index in [2.05, 4.69) is 26.0 Å². The number of rotatable bonds is 3. The normalized spacial score (nSPS) is 16.3. The average molecular weight is 472 g/mol. The number of aromatic nitrogens is 3. The van der Waals surface area contributed by atoms with Crippen molar-refractivity contribution in [2.45, 2.75) is 6.10 Å². The fraction of sp³-hybridized carbons (Fsp3) is 0.150. The minimum atomic E-state index is -0.464. The van der Waals surface area contributed by atoms with Crippen molar-refractivity contribution >= 4 is 38.3 Å². The number of hydrogen-bond acceptors (Lipinski definition) is 7. The predicted molar refractivity (Wildman–Crippen MR) is 112 cm³/mol. The third-order valence-electron chi connectivity index (χ3n) is 4.47. The Morgan fingerprint density at radius 1 is 1.28 bits per heavy atom. The maximum Gasteiger partial charge on any atom is 0.291 e. The number of halogens is 1. The van der Waals surface area contributed by atoms with Crippen LogP contribution >= 0.6 is 27.3 Å². The standard InChI is InChI=1S/C20H14BrN3O4S/c1-26-13-7-6-12(21)8-11(13)9-17-19(25)24-20(29-17)22-18(23-24)16-10-27-14-4-2-3-5-15(14)28-16/h2-9,16H,10H2,1H3. The van der Waals surface area contributed by atoms with Gasteiger partial charge in [0.2, 0.25) is 4.96 Å². The predicted octanol–water partition coefficient (Wildman–Crippen LogP) is 2.98. The summed E-state index contributed by atoms with van der Waals surface area (Å²) in [6.45, 7) is 0.289. The second-order valence-electron chi connectivity index (χ2n) is 6.33. The molecule has 2 aromatic carbocycles. The summed E-state index contributed by atoms with van der Waals surface area (Å²) >= 11 is 4.71. The van der Waals surface area contributed by atoms with Crippen LogP contribution in [0.5, 0.6) is 17.2 Å². The fourth-order valence-corrected chi connectivity index (χ4v) is 4.38. The molecule has 2 aromatic heterocycles. The van der Waals surface area contributed by atoms with E-state index in [0.29, 0.717) is 32.6 Å². The van der Waals surface area contributed by atoms with Gasteiger partial charge in [-0.1, -0.05) is 39.4 Å². The minimum Gasteiger partial charge on any atom is -0.496 e. The molecule has 0 fully saturated rings. The van der Waals surface area contributed by atoms with Gasteiger partial charge in [-0.2, -0.15) is 9.50 Å². The number of fused-ring (bicyclic) bond motifs is 2. The topological polar surface area (TPSA) is 74.9 Å². The molecule has 0 saturated heterocycles. The lowest BCUT2D eigenvalue weighted by Gasteiger charge is -2.24. The van der Waals surface area contributed by atoms with E-state index >= 15 is 0 Å². The largest absolute Gasteiger partial charge is 0.496 e. The molecule has 4 aromatic rings. The van der Waals surface area contributed by atoms with E-state index < -0.39 is 6.10 Å². The van der Waals surface area contributed by atoms with Crippen LogP contribution in [0.1, 0.15) is 17.5 Å². The molecule has 1 aliphatic rings. The Kier molecular flexibility index (Phi) is 4.48. The average Bonchev–Trinajstić information content (AvgIpc) is 3.27. The number of methoxy groups -OCH3 is 1. The molecule has 0 N–H and O–H groups in total. The first kappa shape index (κ1) is 18.1. The van der Waals surface area contributed by atoms with Crippen LogP contribution in [0.4, 0.5) is 0 Å². The minimum absolute atomic E-state index is 0.233. The molecule has 1 atom stereocenters. The molecule has 0 spiro atoms. The Morgan fingerprint density at radius 2 is 2.10 bits per heavy atom. The second kappa shape index (κ2) is 7.16. The van der Waals surface area contributed by atoms with Gasteiger partial charge in [-0.05, 0) is 36.4 Å². The molecule has 3 heterocycles. The van der Waals surface area contributed by atoms with Gasteiger partial charge in [0, 0.05) is 10.0 Å². The Labute approximate surface area is 177 Å². The highest BCUT2D eigenvalue weighted by Crippen LogP contribution is 2.35. The zero-order valence-corrected chi connectivity index (χ0v) is 17.6. The van der Waals surface area contributed by atoms with Crippen molar-refractivity contribution in [1.82, 2.24) is 14.6 Å². The first-order valence-corrected chi connectivity index (χ1v) is 10.4. The Hall–Kier alpha value is -2.91. The van der Waals surface area contributed by atoms with E-state index in [1.54, 1.807) is 13.2 Å². The summed E-state index contributed by atoms with van der Waals surface area (Å²) in [4.78, 5) is 17.8. The SMILES string of the molecule is COc1ccc(Br)cc1C=c1sc2nc(C3COc4ccccc4O3)nn2c1=O. The molecule has 0 aliphatic carbocycles. The highest BCUT2D eigenvalue weighted by Gasteiger charge is 2.27. The highest BCUT2D eigenvalue weighted by atomic mass is 79.9. The molecular weight excluding hydrogens is 458 g/mol. The van der Waals surface area contributed by atoms with Crippen LogP contribution in [0, 0.1) is 0 Å². The van der Waals surface area contributed by atoms with E-state index in [1.165, 1.54) is 15.9 Å². The summed E-state index contributed by atoms with van der Waals surface area (Å²) in [5, 5.41) is 4.37. The van der Waals surface area contributed by atoms with Crippen LogP contribution < -0.4 is 24.3 Å². The molecule has 0 saturated carbocycles. The van der Waals surface area contributed by atoms with Crippen molar-refractivity contribution in [3.05, 3.63) is 73.2 Å². The number of nitrogens with zero attached hydrogens (tertiary/aromatic N) is 3. The van der Waals surface area contributed by atoms with Gasteiger partial charge in [-0.15, -0.1) is 5.10 Å². The Bertz CT molecular complexity index is 1330. The maximum atomic E-state index is 12.8. The summed E-state index contributed by atoms with van der Waals surface area (Å²) < 4.78 is 19.8. The van der Waals surface area contributed by atoms with Crippen molar-refractivity contribution in [1.29, 1.82) is 0 Å². The number of hydrogen-bond donors (Lipinski definition) is 0. The van der Waals surface area contributed by atoms with Crippen LogP contribution in [-0.4, -0.2) is 28.3 Å². The Balaban J connectivity index is 1.52. The monoisotopic (exact) mass is 471 g/mol. The van der Waals surface area contributed by atoms with Crippen LogP contribution in [-0.2, 0) is 0 Å². The zero-order valence-electron chi connectivity index (χ0n) is 15.2. The quantitative estimate of drug-likeness (QED) is 0.457.